The molecule has 4 N–H and O–H groups in total. The Labute approximate surface area is 529 Å². The molecule has 0 aliphatic rings. The fourth-order valence-corrected chi connectivity index (χ4v) is 4.84. The molecule has 0 unspecified atom stereocenters. The molecule has 16 nitrogen and oxygen atoms in total. The molecule has 2 aromatic heterocycles. The van der Waals surface area contributed by atoms with Crippen molar-refractivity contribution in [2.75, 3.05) is 50.9 Å². The van der Waals surface area contributed by atoms with Gasteiger partial charge in [-0.15, -0.1) is 12.3 Å². The molecule has 0 aliphatic heterocycles. The maximum Gasteiger partial charge on any atom is 0.410 e. The van der Waals surface area contributed by atoms with Crippen molar-refractivity contribution in [3.63, 3.8) is 0 Å². The zero-order valence-corrected chi connectivity index (χ0v) is 62.3. The minimum Gasteiger partial charge on any atom is -0.444 e. The van der Waals surface area contributed by atoms with Crippen LogP contribution in [-0.4, -0.2) is 117 Å². The van der Waals surface area contributed by atoms with Crippen LogP contribution in [0.3, 0.4) is 0 Å². The van der Waals surface area contributed by atoms with Crippen molar-refractivity contribution in [3.8, 4) is 24.2 Å². The van der Waals surface area contributed by atoms with Gasteiger partial charge in [-0.05, 0) is 127 Å². The van der Waals surface area contributed by atoms with Gasteiger partial charge in [-0.3, -0.25) is 24.1 Å². The summed E-state index contributed by atoms with van der Waals surface area (Å²) in [4.78, 5) is 66.5. The number of ether oxygens (including phenoxy) is 2. The molecule has 369 valence electrons. The summed E-state index contributed by atoms with van der Waals surface area (Å²) >= 11 is 13.6. The number of unbranched alkanes of at least 4 members (excludes halogenated alkanes) is 2. The Bertz CT molecular complexity index is 1830. The maximum atomic E-state index is 12.3. The van der Waals surface area contributed by atoms with Crippen molar-refractivity contribution in [2.45, 2.75) is 131 Å². The summed E-state index contributed by atoms with van der Waals surface area (Å²) in [6, 6.07) is -1.22. The van der Waals surface area contributed by atoms with Gasteiger partial charge in [0.2, 0.25) is 22.4 Å². The van der Waals surface area contributed by atoms with Gasteiger partial charge in [0.15, 0.2) is 0 Å². The van der Waals surface area contributed by atoms with Crippen molar-refractivity contribution in [1.82, 2.24) is 40.4 Å². The fraction of sp³-hybridized carbons (Fsp3) is 0.619. The molecule has 2 heterocycles. The predicted octanol–water partition coefficient (Wildman–Crippen LogP) is 7.93. The molecule has 0 saturated heterocycles. The van der Waals surface area contributed by atoms with E-state index in [2.05, 4.69) is 95.4 Å². The molecule has 2 rings (SSSR count). The first-order chi connectivity index (χ1) is 28.5. The third kappa shape index (κ3) is 39.6. The predicted molar refractivity (Wildman–Crippen MR) is 254 cm³/mol. The SMILES string of the molecule is C#CCCCNC(=O)[C@H](C)N(C)C(=O)OC(C)(C)C.CCCNc1nc(Cl)ncc1C#CCCCNC(=O)[C@H](C)N(C)C(=O)OC(C)(C)C.CCCNc1nc(Cl)ncc1I.F.[U].[U].[U].[U].[V]. The zero-order valence-electron chi connectivity index (χ0n) is 40.6. The number of terminal acetylenes is 1. The number of nitrogens with zero attached hydrogens (tertiary/aromatic N) is 6. The number of aromatic nitrogens is 4. The smallest absolute Gasteiger partial charge is 0.410 e. The van der Waals surface area contributed by atoms with E-state index in [-0.39, 0.29) is 170 Å². The molecule has 4 amide bonds. The van der Waals surface area contributed by atoms with Gasteiger partial charge in [-0.2, -0.15) is 9.97 Å². The molecule has 0 spiro atoms. The summed E-state index contributed by atoms with van der Waals surface area (Å²) in [5.41, 5.74) is -0.500. The van der Waals surface area contributed by atoms with Gasteiger partial charge in [0.25, 0.3) is 0 Å². The van der Waals surface area contributed by atoms with Crippen LogP contribution in [-0.2, 0) is 37.6 Å². The fourth-order valence-electron chi connectivity index (χ4n) is 4.12. The second-order valence-corrected chi connectivity index (χ2v) is 17.3. The number of hydrogen-bond acceptors (Lipinski definition) is 12. The second kappa shape index (κ2) is 45.0. The van der Waals surface area contributed by atoms with E-state index >= 15 is 0 Å². The van der Waals surface area contributed by atoms with Crippen LogP contribution in [0.15, 0.2) is 12.4 Å². The molecular formula is C42H66Cl2FIN10O6U4V. The Kier molecular flexibility index (Phi) is 54.8. The van der Waals surface area contributed by atoms with Crippen LogP contribution in [0.1, 0.15) is 113 Å². The average Bonchev–Trinajstić information content (AvgIpc) is 3.18. The van der Waals surface area contributed by atoms with E-state index in [0.29, 0.717) is 43.7 Å². The normalized spacial score (nSPS) is 10.5. The van der Waals surface area contributed by atoms with Gasteiger partial charge >= 0.3 is 12.2 Å². The van der Waals surface area contributed by atoms with Crippen LogP contribution in [0.5, 0.6) is 0 Å². The number of likely N-dealkylation sites (N-methyl/N-ethyl adjacent to an activating group) is 2. The van der Waals surface area contributed by atoms with Crippen LogP contribution in [0.2, 0.25) is 10.6 Å². The van der Waals surface area contributed by atoms with Gasteiger partial charge in [0, 0.05) is 209 Å². The molecule has 0 saturated carbocycles. The van der Waals surface area contributed by atoms with Gasteiger partial charge < -0.3 is 30.7 Å². The zero-order chi connectivity index (χ0) is 46.8. The number of hydrogen-bond donors (Lipinski definition) is 4. The maximum absolute atomic E-state index is 12.3. The Morgan fingerprint density at radius 1 is 0.731 bits per heavy atom. The van der Waals surface area contributed by atoms with Crippen LogP contribution >= 0.6 is 45.8 Å². The summed E-state index contributed by atoms with van der Waals surface area (Å²) in [6.45, 7) is 20.8. The molecule has 1 radical (unpaired) electrons. The summed E-state index contributed by atoms with van der Waals surface area (Å²) in [7, 11) is 3.09. The number of halogens is 4. The summed E-state index contributed by atoms with van der Waals surface area (Å²) in [5, 5.41) is 12.3. The summed E-state index contributed by atoms with van der Waals surface area (Å²) in [5.74, 6) is 9.58. The minimum atomic E-state index is -0.635. The van der Waals surface area contributed by atoms with E-state index in [1.165, 1.54) is 9.80 Å². The molecule has 0 aromatic carbocycles. The van der Waals surface area contributed by atoms with Crippen LogP contribution in [0.25, 0.3) is 0 Å². The number of rotatable bonds is 16. The van der Waals surface area contributed by atoms with Gasteiger partial charge in [-0.25, -0.2) is 19.6 Å². The van der Waals surface area contributed by atoms with E-state index in [1.807, 2.05) is 0 Å². The van der Waals surface area contributed by atoms with E-state index in [9.17, 15) is 19.2 Å². The molecule has 67 heavy (non-hydrogen) atoms. The minimum absolute atomic E-state index is 0. The molecular weight excluding hydrogens is 1960 g/mol. The van der Waals surface area contributed by atoms with Gasteiger partial charge in [0.05, 0.1) is 9.13 Å². The molecule has 0 fully saturated rings. The van der Waals surface area contributed by atoms with E-state index in [0.717, 1.165) is 41.7 Å². The topological polar surface area (TPSA) is 193 Å². The molecule has 2 atom stereocenters. The first-order valence-corrected chi connectivity index (χ1v) is 21.9. The largest absolute Gasteiger partial charge is 0.444 e. The standard InChI is InChI=1S/C21H32ClN5O3.C14H24N2O3.C7H9ClIN3.FH.4U.V/c1-7-12-23-17-16(14-25-19(22)26-17)11-9-8-10-13-24-18(28)15(2)27(6)20(29)30-21(3,4)5;1-7-8-9-10-15-12(17)11(2)16(6)13(18)19-14(3,4)5;1-2-3-10-6-5(9)4-11-7(8)12-6;;;;;;/h14-15H,7-8,10,12-13H2,1-6H3,(H,24,28)(H,23,25,26);1,11H,8-10H2,2-6H3,(H,15,17);4H,2-3H2,1H3,(H,10,11,12);1H;;;;;/t15-;11-;;;;;;;/m00......./s1. The quantitative estimate of drug-likeness (QED) is 0.0550. The Morgan fingerprint density at radius 2 is 1.12 bits per heavy atom. The van der Waals surface area contributed by atoms with Crippen LogP contribution in [0.4, 0.5) is 25.9 Å². The third-order valence-corrected chi connectivity index (χ3v) is 8.79. The molecule has 25 heteroatoms. The average molecular weight is 2030 g/mol. The van der Waals surface area contributed by atoms with Crippen molar-refractivity contribution < 1.29 is 176 Å². The Morgan fingerprint density at radius 3 is 1.52 bits per heavy atom. The summed E-state index contributed by atoms with van der Waals surface area (Å²) < 4.78 is 11.5. The second-order valence-electron chi connectivity index (χ2n) is 15.4. The van der Waals surface area contributed by atoms with Crippen molar-refractivity contribution >= 4 is 81.4 Å². The Hall–Kier alpha value is 0.392. The monoisotopic (exact) mass is 2030 g/mol. The van der Waals surface area contributed by atoms with Crippen molar-refractivity contribution in [1.29, 1.82) is 0 Å². The first-order valence-electron chi connectivity index (χ1n) is 20.0. The van der Waals surface area contributed by atoms with Gasteiger partial charge in [-0.1, -0.05) is 25.7 Å². The number of carbonyl (C=O) groups is 4. The molecule has 0 aliphatic carbocycles. The van der Waals surface area contributed by atoms with Crippen molar-refractivity contribution in [2.24, 2.45) is 0 Å². The van der Waals surface area contributed by atoms with E-state index < -0.39 is 35.5 Å². The number of nitrogens with one attached hydrogen (secondary N) is 4. The first kappa shape index (κ1) is 81.4. The van der Waals surface area contributed by atoms with Crippen LogP contribution in [0, 0.1) is 152 Å². The van der Waals surface area contributed by atoms with E-state index in [4.69, 9.17) is 39.1 Å². The number of anilines is 2. The Balaban J connectivity index is -0.000000168. The van der Waals surface area contributed by atoms with Crippen molar-refractivity contribution in [3.05, 3.63) is 32.1 Å². The number of carbonyl (C=O) groups excluding carboxylic acids is 4. The molecule has 2 aromatic rings. The summed E-state index contributed by atoms with van der Waals surface area (Å²) in [6.07, 6.45) is 12.0. The number of amides is 4. The van der Waals surface area contributed by atoms with Crippen LogP contribution < -0.4 is 21.3 Å². The third-order valence-electron chi connectivity index (χ3n) is 7.64. The van der Waals surface area contributed by atoms with Gasteiger partial charge in [0.1, 0.15) is 34.9 Å². The van der Waals surface area contributed by atoms with E-state index in [1.54, 1.807) is 81.9 Å². The molecule has 0 bridgehead atoms.